The molecular weight excluding hydrogens is 207 g/mol. The Kier molecular flexibility index (Phi) is 4.19. The predicted molar refractivity (Wildman–Crippen MR) is 61.4 cm³/mol. The van der Waals surface area contributed by atoms with Gasteiger partial charge in [-0.05, 0) is 25.1 Å². The number of carbonyl (C=O) groups excluding carboxylic acids is 1. The fourth-order valence-corrected chi connectivity index (χ4v) is 1.27. The number of amides is 1. The molecule has 0 aliphatic heterocycles. The molecule has 0 aliphatic rings. The molecule has 4 heteroatoms. The zero-order valence-electron chi connectivity index (χ0n) is 9.22. The van der Waals surface area contributed by atoms with Crippen molar-refractivity contribution in [1.29, 1.82) is 0 Å². The molecule has 0 saturated heterocycles. The number of benzene rings is 1. The number of nitrogens with two attached hydrogens (primary N) is 1. The van der Waals surface area contributed by atoms with E-state index in [1.165, 1.54) is 18.2 Å². The maximum Gasteiger partial charge on any atom is 0.248 e. The van der Waals surface area contributed by atoms with Crippen molar-refractivity contribution in [2.24, 2.45) is 5.73 Å². The van der Waals surface area contributed by atoms with E-state index in [0.717, 1.165) is 5.57 Å². The Labute approximate surface area is 94.1 Å². The van der Waals surface area contributed by atoms with Crippen LogP contribution in [0.15, 0.2) is 30.4 Å². The summed E-state index contributed by atoms with van der Waals surface area (Å²) in [7, 11) is 0. The molecule has 3 N–H and O–H groups in total. The molecule has 0 radical (unpaired) electrons. The number of rotatable bonds is 5. The van der Waals surface area contributed by atoms with Crippen LogP contribution in [0, 0.1) is 5.82 Å². The molecule has 0 aliphatic carbocycles. The van der Waals surface area contributed by atoms with Crippen molar-refractivity contribution in [3.8, 4) is 0 Å². The molecule has 86 valence electrons. The monoisotopic (exact) mass is 222 g/mol. The zero-order chi connectivity index (χ0) is 12.1. The molecule has 1 rings (SSSR count). The topological polar surface area (TPSA) is 55.1 Å². The third-order valence-electron chi connectivity index (χ3n) is 2.07. The van der Waals surface area contributed by atoms with Gasteiger partial charge in [-0.15, -0.1) is 0 Å². The van der Waals surface area contributed by atoms with Gasteiger partial charge in [0, 0.05) is 24.2 Å². The van der Waals surface area contributed by atoms with Crippen LogP contribution in [0.2, 0.25) is 0 Å². The zero-order valence-corrected chi connectivity index (χ0v) is 9.22. The van der Waals surface area contributed by atoms with Crippen LogP contribution in [0.3, 0.4) is 0 Å². The lowest BCUT2D eigenvalue weighted by molar-refractivity contribution is 0.1000. The van der Waals surface area contributed by atoms with E-state index in [-0.39, 0.29) is 5.82 Å². The fraction of sp³-hybridized carbons (Fsp3) is 0.250. The number of hydrogen-bond acceptors (Lipinski definition) is 2. The van der Waals surface area contributed by atoms with Crippen LogP contribution in [-0.2, 0) is 6.54 Å². The van der Waals surface area contributed by atoms with Gasteiger partial charge in [0.05, 0.1) is 0 Å². The van der Waals surface area contributed by atoms with E-state index >= 15 is 0 Å². The molecule has 0 bridgehead atoms. The Morgan fingerprint density at radius 2 is 2.25 bits per heavy atom. The normalized spacial score (nSPS) is 10.1. The van der Waals surface area contributed by atoms with E-state index in [9.17, 15) is 9.18 Å². The van der Waals surface area contributed by atoms with Crippen molar-refractivity contribution >= 4 is 5.91 Å². The third kappa shape index (κ3) is 3.47. The second kappa shape index (κ2) is 5.42. The highest BCUT2D eigenvalue weighted by molar-refractivity contribution is 5.92. The van der Waals surface area contributed by atoms with Crippen LogP contribution in [-0.4, -0.2) is 12.5 Å². The first-order chi connectivity index (χ1) is 7.50. The van der Waals surface area contributed by atoms with Crippen molar-refractivity contribution in [2.45, 2.75) is 13.5 Å². The lowest BCUT2D eigenvalue weighted by Crippen LogP contribution is -2.17. The summed E-state index contributed by atoms with van der Waals surface area (Å²) in [5, 5.41) is 3.02. The Morgan fingerprint density at radius 3 is 2.81 bits per heavy atom. The molecule has 0 aromatic heterocycles. The first-order valence-electron chi connectivity index (χ1n) is 4.94. The van der Waals surface area contributed by atoms with E-state index in [1.54, 1.807) is 0 Å². The van der Waals surface area contributed by atoms with Gasteiger partial charge in [-0.2, -0.15) is 0 Å². The highest BCUT2D eigenvalue weighted by Gasteiger charge is 2.06. The highest BCUT2D eigenvalue weighted by Crippen LogP contribution is 2.10. The number of primary amides is 1. The molecule has 1 aromatic carbocycles. The highest BCUT2D eigenvalue weighted by atomic mass is 19.1. The van der Waals surface area contributed by atoms with Gasteiger partial charge in [-0.25, -0.2) is 4.39 Å². The van der Waals surface area contributed by atoms with Gasteiger partial charge in [0.1, 0.15) is 5.82 Å². The predicted octanol–water partition coefficient (Wildman–Crippen LogP) is 1.59. The van der Waals surface area contributed by atoms with Gasteiger partial charge in [0.15, 0.2) is 0 Å². The summed E-state index contributed by atoms with van der Waals surface area (Å²) >= 11 is 0. The van der Waals surface area contributed by atoms with E-state index < -0.39 is 5.91 Å². The van der Waals surface area contributed by atoms with Gasteiger partial charge in [0.25, 0.3) is 0 Å². The van der Waals surface area contributed by atoms with Crippen LogP contribution >= 0.6 is 0 Å². The molecular formula is C12H15FN2O. The van der Waals surface area contributed by atoms with Crippen molar-refractivity contribution in [3.63, 3.8) is 0 Å². The maximum atomic E-state index is 13.3. The summed E-state index contributed by atoms with van der Waals surface area (Å²) < 4.78 is 13.3. The Bertz CT molecular complexity index is 415. The van der Waals surface area contributed by atoms with Crippen molar-refractivity contribution in [3.05, 3.63) is 47.3 Å². The first-order valence-corrected chi connectivity index (χ1v) is 4.94. The number of carbonyl (C=O) groups is 1. The molecule has 0 spiro atoms. The summed E-state index contributed by atoms with van der Waals surface area (Å²) in [6, 6.07) is 4.08. The Hall–Kier alpha value is -1.68. The number of hydrogen-bond donors (Lipinski definition) is 2. The second-order valence-corrected chi connectivity index (χ2v) is 3.73. The lowest BCUT2D eigenvalue weighted by atomic mass is 10.1. The van der Waals surface area contributed by atoms with Crippen LogP contribution < -0.4 is 11.1 Å². The molecule has 0 heterocycles. The second-order valence-electron chi connectivity index (χ2n) is 3.73. The smallest absolute Gasteiger partial charge is 0.248 e. The molecule has 1 amide bonds. The summed E-state index contributed by atoms with van der Waals surface area (Å²) in [5.41, 5.74) is 6.82. The SMILES string of the molecule is C=C(C)CNCc1cc(C(N)=O)ccc1F. The minimum absolute atomic E-state index is 0.313. The summed E-state index contributed by atoms with van der Waals surface area (Å²) in [6.45, 7) is 6.56. The van der Waals surface area contributed by atoms with E-state index in [0.29, 0.717) is 24.2 Å². The molecule has 0 fully saturated rings. The standard InChI is InChI=1S/C12H15FN2O/c1-8(2)6-15-7-10-5-9(12(14)16)3-4-11(10)13/h3-5,15H,1,6-7H2,2H3,(H2,14,16). The summed E-state index contributed by atoms with van der Waals surface area (Å²) in [5.74, 6) is -0.902. The van der Waals surface area contributed by atoms with Gasteiger partial charge in [0.2, 0.25) is 5.91 Å². The molecule has 16 heavy (non-hydrogen) atoms. The lowest BCUT2D eigenvalue weighted by Gasteiger charge is -2.07. The van der Waals surface area contributed by atoms with Crippen LogP contribution in [0.1, 0.15) is 22.8 Å². The molecule has 3 nitrogen and oxygen atoms in total. The van der Waals surface area contributed by atoms with Gasteiger partial charge in [-0.1, -0.05) is 12.2 Å². The van der Waals surface area contributed by atoms with Crippen LogP contribution in [0.25, 0.3) is 0 Å². The average molecular weight is 222 g/mol. The van der Waals surface area contributed by atoms with E-state index in [1.807, 2.05) is 6.92 Å². The van der Waals surface area contributed by atoms with Crippen LogP contribution in [0.5, 0.6) is 0 Å². The minimum atomic E-state index is -0.554. The Balaban J connectivity index is 2.74. The number of nitrogens with one attached hydrogen (secondary N) is 1. The van der Waals surface area contributed by atoms with Crippen molar-refractivity contribution < 1.29 is 9.18 Å². The number of halogens is 1. The summed E-state index contributed by atoms with van der Waals surface area (Å²) in [4.78, 5) is 10.9. The maximum absolute atomic E-state index is 13.3. The fourth-order valence-electron chi connectivity index (χ4n) is 1.27. The quantitative estimate of drug-likeness (QED) is 0.743. The Morgan fingerprint density at radius 1 is 1.56 bits per heavy atom. The average Bonchev–Trinajstić information content (AvgIpc) is 2.20. The van der Waals surface area contributed by atoms with Crippen molar-refractivity contribution in [2.75, 3.05) is 6.54 Å². The minimum Gasteiger partial charge on any atom is -0.366 e. The molecule has 0 atom stereocenters. The summed E-state index contributed by atoms with van der Waals surface area (Å²) in [6.07, 6.45) is 0. The van der Waals surface area contributed by atoms with Crippen molar-refractivity contribution in [1.82, 2.24) is 5.32 Å². The molecule has 1 aromatic rings. The van der Waals surface area contributed by atoms with Gasteiger partial charge >= 0.3 is 0 Å². The molecule has 0 saturated carbocycles. The van der Waals surface area contributed by atoms with Gasteiger partial charge < -0.3 is 11.1 Å². The van der Waals surface area contributed by atoms with E-state index in [2.05, 4.69) is 11.9 Å². The first kappa shape index (κ1) is 12.4. The van der Waals surface area contributed by atoms with Crippen LogP contribution in [0.4, 0.5) is 4.39 Å². The largest absolute Gasteiger partial charge is 0.366 e. The molecule has 0 unspecified atom stereocenters. The van der Waals surface area contributed by atoms with Gasteiger partial charge in [-0.3, -0.25) is 4.79 Å². The third-order valence-corrected chi connectivity index (χ3v) is 2.07. The van der Waals surface area contributed by atoms with E-state index in [4.69, 9.17) is 5.73 Å².